The quantitative estimate of drug-likeness (QED) is 0.767. The molecule has 3 aliphatic rings. The van der Waals surface area contributed by atoms with Gasteiger partial charge in [-0.1, -0.05) is 86.6 Å². The van der Waals surface area contributed by atoms with Crippen molar-refractivity contribution in [1.29, 1.82) is 0 Å². The van der Waals surface area contributed by atoms with Gasteiger partial charge in [-0.2, -0.15) is 0 Å². The van der Waals surface area contributed by atoms with Crippen molar-refractivity contribution in [2.45, 2.75) is 50.2 Å². The lowest BCUT2D eigenvalue weighted by Crippen LogP contribution is -2.80. The van der Waals surface area contributed by atoms with E-state index in [9.17, 15) is 0 Å². The minimum atomic E-state index is -0.761. The van der Waals surface area contributed by atoms with Crippen LogP contribution in [0.5, 0.6) is 0 Å². The fraction of sp³-hybridized carbons (Fsp3) is 0.381. The van der Waals surface area contributed by atoms with Crippen molar-refractivity contribution in [2.24, 2.45) is 0 Å². The number of nitrogens with zero attached hydrogens (tertiary/aromatic N) is 1. The highest BCUT2D eigenvalue weighted by Gasteiger charge is 2.56. The van der Waals surface area contributed by atoms with Gasteiger partial charge in [-0.15, -0.1) is 0 Å². The molecule has 0 atom stereocenters. The number of pyridine rings is 1. The van der Waals surface area contributed by atoms with E-state index in [0.29, 0.717) is 0 Å². The minimum absolute atomic E-state index is 0.761. The van der Waals surface area contributed by atoms with E-state index >= 15 is 0 Å². The van der Waals surface area contributed by atoms with Crippen LogP contribution in [0.15, 0.2) is 54.7 Å². The highest BCUT2D eigenvalue weighted by Crippen LogP contribution is 2.51. The number of aromatic nitrogens is 1. The molecule has 122 valence electrons. The van der Waals surface area contributed by atoms with Crippen molar-refractivity contribution in [1.82, 2.24) is 5.23 Å². The minimum Gasteiger partial charge on any atom is -0.497 e. The van der Waals surface area contributed by atoms with Crippen LogP contribution in [0.4, 0.5) is 0 Å². The molecule has 4 heterocycles. The maximum Gasteiger partial charge on any atom is 0.377 e. The number of fused-ring (bicyclic) bond motifs is 1. The van der Waals surface area contributed by atoms with Gasteiger partial charge in [-0.05, 0) is 11.6 Å². The summed E-state index contributed by atoms with van der Waals surface area (Å²) >= 11 is 0. The Labute approximate surface area is 144 Å². The zero-order valence-electron chi connectivity index (χ0n) is 14.2. The van der Waals surface area contributed by atoms with Crippen LogP contribution < -0.4 is 9.71 Å². The molecule has 2 saturated heterocycles. The zero-order chi connectivity index (χ0) is 16.0. The first-order valence-corrected chi connectivity index (χ1v) is 9.61. The molecule has 5 rings (SSSR count). The lowest BCUT2D eigenvalue weighted by atomic mass is 9.23. The summed E-state index contributed by atoms with van der Waals surface area (Å²) in [6, 6.07) is 17.5. The van der Waals surface area contributed by atoms with E-state index in [1.807, 2.05) is 0 Å². The molecular weight excluding hydrogens is 291 g/mol. The summed E-state index contributed by atoms with van der Waals surface area (Å²) < 4.78 is 2.63. The van der Waals surface area contributed by atoms with Crippen molar-refractivity contribution in [3.05, 3.63) is 66.0 Å². The van der Waals surface area contributed by atoms with Crippen LogP contribution in [0.2, 0.25) is 11.6 Å². The van der Waals surface area contributed by atoms with Gasteiger partial charge in [0.2, 0.25) is 0 Å². The van der Waals surface area contributed by atoms with Crippen LogP contribution in [0.1, 0.15) is 49.8 Å². The Morgan fingerprint density at radius 3 is 2.21 bits per heavy atom. The molecule has 2 aromatic rings. The Morgan fingerprint density at radius 2 is 1.50 bits per heavy atom. The van der Waals surface area contributed by atoms with Gasteiger partial charge in [-0.3, -0.25) is 0 Å². The van der Waals surface area contributed by atoms with E-state index in [1.165, 1.54) is 55.5 Å². The van der Waals surface area contributed by atoms with Gasteiger partial charge in [0.1, 0.15) is 6.20 Å². The Kier molecular flexibility index (Phi) is 3.29. The molecule has 3 heteroatoms. The van der Waals surface area contributed by atoms with Crippen LogP contribution in [0, 0.1) is 0 Å². The largest absolute Gasteiger partial charge is 0.497 e. The molecule has 2 bridgehead atoms. The van der Waals surface area contributed by atoms with Gasteiger partial charge >= 0.3 is 6.42 Å². The van der Waals surface area contributed by atoms with E-state index < -0.39 is 6.42 Å². The average molecular weight is 316 g/mol. The maximum atomic E-state index is 4.13. The van der Waals surface area contributed by atoms with Crippen molar-refractivity contribution >= 4 is 18.2 Å². The summed E-state index contributed by atoms with van der Waals surface area (Å²) in [6.07, 6.45) is 12.3. The van der Waals surface area contributed by atoms with Gasteiger partial charge in [0, 0.05) is 17.8 Å². The highest BCUT2D eigenvalue weighted by molar-refractivity contribution is 6.74. The van der Waals surface area contributed by atoms with E-state index in [-0.39, 0.29) is 0 Å². The van der Waals surface area contributed by atoms with Crippen LogP contribution >= 0.6 is 0 Å². The Bertz CT molecular complexity index is 761. The second-order valence-electron chi connectivity index (χ2n) is 7.94. The zero-order valence-corrected chi connectivity index (χ0v) is 14.2. The van der Waals surface area contributed by atoms with E-state index in [0.717, 1.165) is 11.6 Å². The fourth-order valence-electron chi connectivity index (χ4n) is 5.94. The number of benzene rings is 1. The summed E-state index contributed by atoms with van der Waals surface area (Å²) in [5.74, 6) is 1.60. The Balaban J connectivity index is 1.70. The molecule has 0 amide bonds. The molecule has 2 nitrogen and oxygen atoms in total. The van der Waals surface area contributed by atoms with Crippen molar-refractivity contribution in [2.75, 3.05) is 0 Å². The van der Waals surface area contributed by atoms with Crippen molar-refractivity contribution in [3.63, 3.8) is 0 Å². The summed E-state index contributed by atoms with van der Waals surface area (Å²) in [6.45, 7) is 0. The van der Waals surface area contributed by atoms with Crippen molar-refractivity contribution in [3.8, 4) is 0 Å². The third-order valence-electron chi connectivity index (χ3n) is 6.88. The first-order chi connectivity index (χ1) is 11.9. The summed E-state index contributed by atoms with van der Waals surface area (Å²) in [4.78, 5) is 0. The molecule has 1 aromatic heterocycles. The maximum absolute atomic E-state index is 4.13. The van der Waals surface area contributed by atoms with Crippen LogP contribution in [-0.4, -0.2) is 6.42 Å². The molecule has 1 aromatic carbocycles. The molecular formula is C21H25BN2. The number of rotatable bonds is 1. The van der Waals surface area contributed by atoms with Gasteiger partial charge in [0.25, 0.3) is 0 Å². The Hall–Kier alpha value is -2.03. The molecule has 24 heavy (non-hydrogen) atoms. The standard InChI is InChI=1S/C21H25BN2/c1-2-8-17(9-3-1)21-16-20-14-4-5-15-24(20)22(23-21)18-10-6-11-19(22)13-7-12-18/h1-5,8-9,14-16,18-19,23H,6-7,10-13H2. The predicted octanol–water partition coefficient (Wildman–Crippen LogP) is 4.47. The summed E-state index contributed by atoms with van der Waals surface area (Å²) in [7, 11) is 0. The molecule has 0 aliphatic carbocycles. The smallest absolute Gasteiger partial charge is 0.377 e. The normalized spacial score (nSPS) is 31.1. The lowest BCUT2D eigenvalue weighted by Gasteiger charge is -2.55. The number of hydrogen-bond donors (Lipinski definition) is 1. The monoisotopic (exact) mass is 316 g/mol. The third kappa shape index (κ3) is 2.00. The second kappa shape index (κ2) is 5.51. The first kappa shape index (κ1) is 14.3. The molecule has 2 fully saturated rings. The molecule has 0 radical (unpaired) electrons. The fourth-order valence-corrected chi connectivity index (χ4v) is 5.94. The van der Waals surface area contributed by atoms with Gasteiger partial charge < -0.3 is 9.71 Å². The molecule has 1 N–H and O–H groups in total. The van der Waals surface area contributed by atoms with Crippen molar-refractivity contribution < 1.29 is 4.48 Å². The van der Waals surface area contributed by atoms with E-state index in [1.54, 1.807) is 0 Å². The Morgan fingerprint density at radius 1 is 0.833 bits per heavy atom. The van der Waals surface area contributed by atoms with Crippen LogP contribution in [-0.2, 0) is 0 Å². The lowest BCUT2D eigenvalue weighted by molar-refractivity contribution is -0.558. The molecule has 0 saturated carbocycles. The summed E-state index contributed by atoms with van der Waals surface area (Å²) in [5, 5.41) is 4.13. The second-order valence-corrected chi connectivity index (χ2v) is 7.94. The van der Waals surface area contributed by atoms with Crippen LogP contribution in [0.25, 0.3) is 11.8 Å². The van der Waals surface area contributed by atoms with Gasteiger partial charge in [0.15, 0.2) is 5.69 Å². The number of hydrogen-bond acceptors (Lipinski definition) is 1. The third-order valence-corrected chi connectivity index (χ3v) is 6.88. The van der Waals surface area contributed by atoms with E-state index in [4.69, 9.17) is 0 Å². The SMILES string of the molecule is C1=C(c2ccccc2)N[B-]2(C3CCCC2CCC3)[n+]2ccccc21. The predicted molar refractivity (Wildman–Crippen MR) is 100 cm³/mol. The van der Waals surface area contributed by atoms with Gasteiger partial charge in [0.05, 0.1) is 0 Å². The molecule has 3 aliphatic heterocycles. The first-order valence-electron chi connectivity index (χ1n) is 9.61. The van der Waals surface area contributed by atoms with E-state index in [2.05, 4.69) is 70.5 Å². The average Bonchev–Trinajstić information content (AvgIpc) is 2.62. The van der Waals surface area contributed by atoms with Gasteiger partial charge in [-0.25, -0.2) is 0 Å². The summed E-state index contributed by atoms with van der Waals surface area (Å²) in [5.41, 5.74) is 4.01. The number of nitrogens with one attached hydrogen (secondary N) is 1. The topological polar surface area (TPSA) is 15.9 Å². The molecule has 0 unspecified atom stereocenters. The molecule has 1 spiro atoms. The highest BCUT2D eigenvalue weighted by atomic mass is 15.1. The van der Waals surface area contributed by atoms with Crippen LogP contribution in [0.3, 0.4) is 0 Å².